The van der Waals surface area contributed by atoms with Crippen LogP contribution in [0, 0.1) is 5.41 Å². The molecule has 460 valence electrons. The van der Waals surface area contributed by atoms with Gasteiger partial charge in [0.15, 0.2) is 17.1 Å². The molecule has 5 atom stereocenters. The number of carbonyl (C=O) groups is 1. The molecular formula is C68H70F3N4O11PS. The van der Waals surface area contributed by atoms with Crippen LogP contribution in [0.4, 0.5) is 19.0 Å². The summed E-state index contributed by atoms with van der Waals surface area (Å²) in [4.78, 5) is 33.5. The first-order valence-corrected chi connectivity index (χ1v) is 31.2. The first-order chi connectivity index (χ1) is 42.1. The van der Waals surface area contributed by atoms with E-state index < -0.39 is 78.2 Å². The summed E-state index contributed by atoms with van der Waals surface area (Å²) in [5.41, 5.74) is -0.701. The van der Waals surface area contributed by atoms with E-state index >= 15 is 0 Å². The lowest BCUT2D eigenvalue weighted by molar-refractivity contribution is -0.217. The minimum atomic E-state index is -4.57. The number of carbonyl (C=O) groups excluding carboxylic acids is 1. The molecule has 0 saturated carbocycles. The monoisotopic (exact) mass is 1240 g/mol. The van der Waals surface area contributed by atoms with Crippen molar-refractivity contribution in [1.82, 2.24) is 14.6 Å². The summed E-state index contributed by atoms with van der Waals surface area (Å²) >= 11 is 0.970. The van der Waals surface area contributed by atoms with Gasteiger partial charge < -0.3 is 33.7 Å². The number of hydrogen-bond acceptors (Lipinski definition) is 14. The fourth-order valence-corrected chi connectivity index (χ4v) is 13.6. The second-order valence-corrected chi connectivity index (χ2v) is 25.6. The quantitative estimate of drug-likeness (QED) is 0.0315. The number of nitrogens with zero attached hydrogens (tertiary/aromatic N) is 2. The number of halogens is 3. The van der Waals surface area contributed by atoms with E-state index in [9.17, 15) is 27.3 Å². The Kier molecular flexibility index (Phi) is 19.0. The van der Waals surface area contributed by atoms with Crippen molar-refractivity contribution in [2.24, 2.45) is 5.41 Å². The highest BCUT2D eigenvalue weighted by Crippen LogP contribution is 2.53. The predicted octanol–water partition coefficient (Wildman–Crippen LogP) is 13.7. The normalized spacial score (nSPS) is 19.1. The zero-order valence-corrected chi connectivity index (χ0v) is 51.5. The van der Waals surface area contributed by atoms with Crippen LogP contribution in [0.1, 0.15) is 85.4 Å². The summed E-state index contributed by atoms with van der Waals surface area (Å²) in [6.45, 7) is 7.85. The second-order valence-electron chi connectivity index (χ2n) is 22.7. The maximum atomic E-state index is 15.0. The standard InChI is InChI=1S/C68H70F3N4O11PS/c1-63(2,46-81-67(51-22-14-9-15-23-51,52-24-16-10-17-25-52)53-26-18-11-19-27-53)61(76)88-43-42-82-87(78,72-44-47-28-30-54(31-29-47)68(69,70)71)83-45-57-59-65(5,86-64(3,4)85-59)60(84-57)75-41-40-58(73-62(75)77)74-66(48-20-12-8-13-21-48,49-32-36-55(79-6)37-33-49)50-34-38-56(80-7)39-35-50/h8-41,57,59-60H,42-46H2,1-7H3,(H,72,78)(H,73,74,77)/t57-,59?,60-,65+,87?/m1/s1. The Bertz CT molecular complexity index is 3600. The lowest BCUT2D eigenvalue weighted by Gasteiger charge is -2.38. The summed E-state index contributed by atoms with van der Waals surface area (Å²) in [5.74, 6) is 0.364. The summed E-state index contributed by atoms with van der Waals surface area (Å²) in [5, 5.41) is 6.22. The number of fused-ring (bicyclic) bond motifs is 1. The number of methoxy groups -OCH3 is 2. The Morgan fingerprint density at radius 2 is 1.16 bits per heavy atom. The molecule has 10 rings (SSSR count). The first-order valence-electron chi connectivity index (χ1n) is 28.6. The molecule has 2 unspecified atom stereocenters. The molecule has 3 heterocycles. The van der Waals surface area contributed by atoms with Gasteiger partial charge in [-0.1, -0.05) is 169 Å². The molecule has 88 heavy (non-hydrogen) atoms. The Balaban J connectivity index is 0.879. The molecule has 2 N–H and O–H groups in total. The van der Waals surface area contributed by atoms with Gasteiger partial charge in [0.1, 0.15) is 46.3 Å². The topological polar surface area (TPSA) is 167 Å². The molecule has 0 aliphatic carbocycles. The van der Waals surface area contributed by atoms with Crippen LogP contribution in [0.15, 0.2) is 211 Å². The fourth-order valence-electron chi connectivity index (χ4n) is 11.4. The smallest absolute Gasteiger partial charge is 0.416 e. The zero-order chi connectivity index (χ0) is 62.4. The van der Waals surface area contributed by atoms with Crippen LogP contribution >= 0.6 is 19.5 Å². The van der Waals surface area contributed by atoms with Gasteiger partial charge in [-0.2, -0.15) is 18.2 Å². The van der Waals surface area contributed by atoms with Crippen molar-refractivity contribution in [3.8, 4) is 11.5 Å². The van der Waals surface area contributed by atoms with E-state index in [1.165, 1.54) is 16.7 Å². The Labute approximate surface area is 514 Å². The molecule has 2 aliphatic rings. The largest absolute Gasteiger partial charge is 0.497 e. The molecule has 15 nitrogen and oxygen atoms in total. The highest BCUT2D eigenvalue weighted by molar-refractivity contribution is 8.13. The molecule has 0 radical (unpaired) electrons. The summed E-state index contributed by atoms with van der Waals surface area (Å²) in [6.07, 6.45) is -6.15. The van der Waals surface area contributed by atoms with Crippen LogP contribution < -0.4 is 25.6 Å². The van der Waals surface area contributed by atoms with Gasteiger partial charge in [-0.25, -0.2) is 14.4 Å². The summed E-state index contributed by atoms with van der Waals surface area (Å²) < 4.78 is 107. The maximum absolute atomic E-state index is 15.0. The molecule has 0 spiro atoms. The molecule has 20 heteroatoms. The Morgan fingerprint density at radius 1 is 0.670 bits per heavy atom. The van der Waals surface area contributed by atoms with Crippen LogP contribution in [0.5, 0.6) is 11.5 Å². The molecule has 2 saturated heterocycles. The van der Waals surface area contributed by atoms with Crippen LogP contribution in [0.3, 0.4) is 0 Å². The SMILES string of the molecule is COc1ccc(C(Nc2ccn([C@@H]3O[C@H](COP(=O)(NCc4ccc(C(F)(F)F)cc4)OCCSC(=O)C(C)(C)COC(c4ccccc4)(c4ccccc4)c4ccccc4)C4OC(C)(C)O[C@@]43C)c(=O)n2)(c2ccccc2)c2ccc(OC)cc2)cc1. The lowest BCUT2D eigenvalue weighted by atomic mass is 9.77. The average Bonchev–Trinajstić information content (AvgIpc) is 1.45. The van der Waals surface area contributed by atoms with Crippen molar-refractivity contribution in [2.45, 2.75) is 88.3 Å². The van der Waals surface area contributed by atoms with Crippen LogP contribution in [0.2, 0.25) is 0 Å². The van der Waals surface area contributed by atoms with Gasteiger partial charge in [0.05, 0.1) is 45.0 Å². The van der Waals surface area contributed by atoms with Crippen molar-refractivity contribution < 1.29 is 60.0 Å². The van der Waals surface area contributed by atoms with E-state index in [1.54, 1.807) is 61.1 Å². The van der Waals surface area contributed by atoms with Gasteiger partial charge in [0, 0.05) is 18.5 Å². The van der Waals surface area contributed by atoms with Crippen LogP contribution in [-0.4, -0.2) is 78.1 Å². The number of aromatic nitrogens is 2. The number of ether oxygens (including phenoxy) is 6. The summed E-state index contributed by atoms with van der Waals surface area (Å²) in [7, 11) is -1.23. The van der Waals surface area contributed by atoms with Crippen molar-refractivity contribution in [3.63, 3.8) is 0 Å². The van der Waals surface area contributed by atoms with E-state index in [1.807, 2.05) is 170 Å². The molecular weight excluding hydrogens is 1170 g/mol. The van der Waals surface area contributed by atoms with Gasteiger partial charge in [-0.05, 0) is 116 Å². The van der Waals surface area contributed by atoms with Crippen molar-refractivity contribution in [3.05, 3.63) is 261 Å². The maximum Gasteiger partial charge on any atom is 0.416 e. The molecule has 0 bridgehead atoms. The number of nitrogens with one attached hydrogen (secondary N) is 2. The number of rotatable bonds is 25. The molecule has 0 amide bonds. The summed E-state index contributed by atoms with van der Waals surface area (Å²) in [6, 6.07) is 60.5. The van der Waals surface area contributed by atoms with Crippen LogP contribution in [-0.2, 0) is 61.2 Å². The van der Waals surface area contributed by atoms with E-state index in [4.69, 9.17) is 37.5 Å². The molecule has 7 aromatic carbocycles. The van der Waals surface area contributed by atoms with Crippen molar-refractivity contribution in [2.75, 3.05) is 45.1 Å². The van der Waals surface area contributed by atoms with Gasteiger partial charge in [0.25, 0.3) is 0 Å². The molecule has 8 aromatic rings. The Morgan fingerprint density at radius 3 is 1.65 bits per heavy atom. The van der Waals surface area contributed by atoms with E-state index in [2.05, 4.69) is 15.4 Å². The van der Waals surface area contributed by atoms with Gasteiger partial charge in [0.2, 0.25) is 0 Å². The van der Waals surface area contributed by atoms with Gasteiger partial charge in [-0.15, -0.1) is 0 Å². The highest BCUT2D eigenvalue weighted by Gasteiger charge is 2.64. The second kappa shape index (κ2) is 26.3. The fraction of sp³-hybridized carbons (Fsp3) is 0.309. The third kappa shape index (κ3) is 13.6. The predicted molar refractivity (Wildman–Crippen MR) is 331 cm³/mol. The Hall–Kier alpha value is -7.42. The number of alkyl halides is 3. The van der Waals surface area contributed by atoms with Gasteiger partial charge >= 0.3 is 19.6 Å². The average molecular weight is 1240 g/mol. The first kappa shape index (κ1) is 63.6. The number of benzene rings is 7. The van der Waals surface area contributed by atoms with E-state index in [0.29, 0.717) is 17.1 Å². The molecule has 1 aromatic heterocycles. The van der Waals surface area contributed by atoms with E-state index in [-0.39, 0.29) is 36.4 Å². The highest BCUT2D eigenvalue weighted by atomic mass is 32.2. The zero-order valence-electron chi connectivity index (χ0n) is 49.8. The van der Waals surface area contributed by atoms with Gasteiger partial charge in [-0.3, -0.25) is 18.4 Å². The minimum absolute atomic E-state index is 0.00702. The minimum Gasteiger partial charge on any atom is -0.497 e. The van der Waals surface area contributed by atoms with E-state index in [0.717, 1.165) is 57.3 Å². The third-order valence-electron chi connectivity index (χ3n) is 15.7. The van der Waals surface area contributed by atoms with Crippen LogP contribution in [0.25, 0.3) is 0 Å². The van der Waals surface area contributed by atoms with Crippen molar-refractivity contribution >= 4 is 30.4 Å². The third-order valence-corrected chi connectivity index (χ3v) is 18.5. The van der Waals surface area contributed by atoms with Crippen molar-refractivity contribution in [1.29, 1.82) is 0 Å². The number of hydrogen-bond donors (Lipinski definition) is 2. The molecule has 2 aliphatic heterocycles. The number of thioether (sulfide) groups is 1. The molecule has 2 fully saturated rings. The lowest BCUT2D eigenvalue weighted by Crippen LogP contribution is -2.45. The number of anilines is 1.